The second kappa shape index (κ2) is 6.03. The third-order valence-electron chi connectivity index (χ3n) is 3.56. The van der Waals surface area contributed by atoms with Gasteiger partial charge in [-0.25, -0.2) is 8.42 Å². The molecule has 1 heterocycles. The molecule has 2 rings (SSSR count). The Balaban J connectivity index is 2.14. The minimum atomic E-state index is -3.31. The predicted octanol–water partition coefficient (Wildman–Crippen LogP) is 0.754. The van der Waals surface area contributed by atoms with Crippen molar-refractivity contribution >= 4 is 21.6 Å². The van der Waals surface area contributed by atoms with Crippen LogP contribution in [0.1, 0.15) is 15.9 Å². The van der Waals surface area contributed by atoms with Crippen molar-refractivity contribution in [2.24, 2.45) is 0 Å². The number of benzene rings is 1. The fourth-order valence-corrected chi connectivity index (χ4v) is 2.93. The quantitative estimate of drug-likeness (QED) is 0.894. The van der Waals surface area contributed by atoms with Crippen LogP contribution in [0.2, 0.25) is 0 Å². The van der Waals surface area contributed by atoms with Crippen molar-refractivity contribution in [2.45, 2.75) is 6.92 Å². The van der Waals surface area contributed by atoms with Gasteiger partial charge >= 0.3 is 0 Å². The lowest BCUT2D eigenvalue weighted by atomic mass is 10.1. The Kier molecular flexibility index (Phi) is 4.53. The average molecular weight is 311 g/mol. The van der Waals surface area contributed by atoms with E-state index in [1.54, 1.807) is 25.1 Å². The molecule has 0 saturated carbocycles. The Morgan fingerprint density at radius 2 is 1.81 bits per heavy atom. The summed E-state index contributed by atoms with van der Waals surface area (Å²) in [6.07, 6.45) is 1.11. The number of carbonyl (C=O) groups is 1. The van der Waals surface area contributed by atoms with Gasteiger partial charge < -0.3 is 9.80 Å². The Bertz CT molecular complexity index is 635. The number of anilines is 1. The van der Waals surface area contributed by atoms with E-state index in [1.807, 2.05) is 11.9 Å². The fraction of sp³-hybridized carbons (Fsp3) is 0.500. The van der Waals surface area contributed by atoms with Gasteiger partial charge in [-0.05, 0) is 37.7 Å². The summed E-state index contributed by atoms with van der Waals surface area (Å²) in [5, 5.41) is 0. The molecule has 0 radical (unpaired) electrons. The lowest BCUT2D eigenvalue weighted by molar-refractivity contribution is 0.0664. The van der Waals surface area contributed by atoms with E-state index in [2.05, 4.69) is 9.62 Å². The number of piperazine rings is 1. The summed E-state index contributed by atoms with van der Waals surface area (Å²) in [7, 11) is -1.27. The largest absolute Gasteiger partial charge is 0.336 e. The van der Waals surface area contributed by atoms with Crippen molar-refractivity contribution in [3.63, 3.8) is 0 Å². The van der Waals surface area contributed by atoms with Crippen molar-refractivity contribution in [2.75, 3.05) is 44.2 Å². The number of rotatable bonds is 3. The van der Waals surface area contributed by atoms with Gasteiger partial charge in [0, 0.05) is 31.7 Å². The van der Waals surface area contributed by atoms with Crippen molar-refractivity contribution in [1.82, 2.24) is 9.80 Å². The smallest absolute Gasteiger partial charge is 0.253 e. The van der Waals surface area contributed by atoms with Crippen LogP contribution in [0.25, 0.3) is 0 Å². The van der Waals surface area contributed by atoms with E-state index < -0.39 is 10.0 Å². The molecule has 1 aromatic rings. The molecule has 1 aliphatic rings. The molecule has 116 valence electrons. The molecule has 21 heavy (non-hydrogen) atoms. The summed E-state index contributed by atoms with van der Waals surface area (Å²) in [6, 6.07) is 5.04. The number of nitrogens with zero attached hydrogens (tertiary/aromatic N) is 2. The SMILES string of the molecule is Cc1cc(C(=O)N2CCN(C)CC2)ccc1NS(C)(=O)=O. The van der Waals surface area contributed by atoms with Crippen molar-refractivity contribution in [3.05, 3.63) is 29.3 Å². The maximum Gasteiger partial charge on any atom is 0.253 e. The van der Waals surface area contributed by atoms with Crippen LogP contribution >= 0.6 is 0 Å². The molecule has 0 bridgehead atoms. The van der Waals surface area contributed by atoms with E-state index in [0.717, 1.165) is 38.0 Å². The molecule has 0 aliphatic carbocycles. The third-order valence-corrected chi connectivity index (χ3v) is 4.15. The van der Waals surface area contributed by atoms with E-state index in [4.69, 9.17) is 0 Å². The van der Waals surface area contributed by atoms with Crippen LogP contribution in [-0.4, -0.2) is 63.6 Å². The fourth-order valence-electron chi connectivity index (χ4n) is 2.30. The number of hydrogen-bond donors (Lipinski definition) is 1. The molecule has 1 N–H and O–H groups in total. The lowest BCUT2D eigenvalue weighted by Crippen LogP contribution is -2.47. The molecule has 1 saturated heterocycles. The Labute approximate surface area is 125 Å². The summed E-state index contributed by atoms with van der Waals surface area (Å²) >= 11 is 0. The van der Waals surface area contributed by atoms with E-state index in [-0.39, 0.29) is 5.91 Å². The van der Waals surface area contributed by atoms with E-state index in [9.17, 15) is 13.2 Å². The number of nitrogens with one attached hydrogen (secondary N) is 1. The summed E-state index contributed by atoms with van der Waals surface area (Å²) in [5.74, 6) is -0.00268. The van der Waals surface area contributed by atoms with Gasteiger partial charge in [-0.15, -0.1) is 0 Å². The third kappa shape index (κ3) is 4.18. The normalized spacial score (nSPS) is 16.8. The zero-order valence-corrected chi connectivity index (χ0v) is 13.4. The predicted molar refractivity (Wildman–Crippen MR) is 83.0 cm³/mol. The van der Waals surface area contributed by atoms with Crippen LogP contribution in [0.4, 0.5) is 5.69 Å². The summed E-state index contributed by atoms with van der Waals surface area (Å²) < 4.78 is 25.0. The average Bonchev–Trinajstić information content (AvgIpc) is 2.40. The molecule has 0 unspecified atom stereocenters. The van der Waals surface area contributed by atoms with E-state index in [1.165, 1.54) is 0 Å². The second-order valence-electron chi connectivity index (χ2n) is 5.50. The van der Waals surface area contributed by atoms with E-state index in [0.29, 0.717) is 11.3 Å². The number of aryl methyl sites for hydroxylation is 1. The van der Waals surface area contributed by atoms with Crippen LogP contribution in [-0.2, 0) is 10.0 Å². The zero-order valence-electron chi connectivity index (χ0n) is 12.6. The monoisotopic (exact) mass is 311 g/mol. The van der Waals surface area contributed by atoms with Gasteiger partial charge in [0.2, 0.25) is 10.0 Å². The van der Waals surface area contributed by atoms with Gasteiger partial charge in [-0.2, -0.15) is 0 Å². The highest BCUT2D eigenvalue weighted by atomic mass is 32.2. The number of hydrogen-bond acceptors (Lipinski definition) is 4. The van der Waals surface area contributed by atoms with Crippen LogP contribution < -0.4 is 4.72 Å². The van der Waals surface area contributed by atoms with Gasteiger partial charge in [0.05, 0.1) is 11.9 Å². The number of likely N-dealkylation sites (N-methyl/N-ethyl adjacent to an activating group) is 1. The maximum absolute atomic E-state index is 12.4. The van der Waals surface area contributed by atoms with Crippen LogP contribution in [0.5, 0.6) is 0 Å². The Hall–Kier alpha value is -1.60. The molecule has 1 fully saturated rings. The van der Waals surface area contributed by atoms with Gasteiger partial charge in [0.25, 0.3) is 5.91 Å². The highest BCUT2D eigenvalue weighted by molar-refractivity contribution is 7.92. The molecule has 7 heteroatoms. The topological polar surface area (TPSA) is 69.7 Å². The summed E-state index contributed by atoms with van der Waals surface area (Å²) in [5.41, 5.74) is 1.84. The van der Waals surface area contributed by atoms with Crippen molar-refractivity contribution in [3.8, 4) is 0 Å². The molecular weight excluding hydrogens is 290 g/mol. The summed E-state index contributed by atoms with van der Waals surface area (Å²) in [4.78, 5) is 16.4. The van der Waals surface area contributed by atoms with E-state index >= 15 is 0 Å². The van der Waals surface area contributed by atoms with Crippen molar-refractivity contribution < 1.29 is 13.2 Å². The molecule has 0 spiro atoms. The number of sulfonamides is 1. The molecule has 1 aromatic carbocycles. The lowest BCUT2D eigenvalue weighted by Gasteiger charge is -2.32. The molecule has 0 atom stereocenters. The van der Waals surface area contributed by atoms with Gasteiger partial charge in [-0.1, -0.05) is 0 Å². The van der Waals surface area contributed by atoms with Crippen LogP contribution in [0.15, 0.2) is 18.2 Å². The molecule has 0 aromatic heterocycles. The first-order chi connectivity index (χ1) is 9.76. The summed E-state index contributed by atoms with van der Waals surface area (Å²) in [6.45, 7) is 4.97. The molecule has 6 nitrogen and oxygen atoms in total. The van der Waals surface area contributed by atoms with Gasteiger partial charge in [0.15, 0.2) is 0 Å². The minimum absolute atomic E-state index is 0.00268. The van der Waals surface area contributed by atoms with Crippen LogP contribution in [0, 0.1) is 6.92 Å². The first kappa shape index (κ1) is 15.8. The highest BCUT2D eigenvalue weighted by Crippen LogP contribution is 2.19. The van der Waals surface area contributed by atoms with Gasteiger partial charge in [0.1, 0.15) is 0 Å². The number of amides is 1. The Morgan fingerprint density at radius 1 is 1.19 bits per heavy atom. The standard InChI is InChI=1S/C14H21N3O3S/c1-11-10-12(4-5-13(11)15-21(3,19)20)14(18)17-8-6-16(2)7-9-17/h4-5,10,15H,6-9H2,1-3H3. The van der Waals surface area contributed by atoms with Gasteiger partial charge in [-0.3, -0.25) is 9.52 Å². The van der Waals surface area contributed by atoms with Crippen molar-refractivity contribution in [1.29, 1.82) is 0 Å². The minimum Gasteiger partial charge on any atom is -0.336 e. The number of carbonyl (C=O) groups excluding carboxylic acids is 1. The molecular formula is C14H21N3O3S. The first-order valence-corrected chi connectivity index (χ1v) is 8.72. The highest BCUT2D eigenvalue weighted by Gasteiger charge is 2.20. The van der Waals surface area contributed by atoms with Crippen LogP contribution in [0.3, 0.4) is 0 Å². The second-order valence-corrected chi connectivity index (χ2v) is 7.25. The Morgan fingerprint density at radius 3 is 2.33 bits per heavy atom. The molecule has 1 aliphatic heterocycles. The maximum atomic E-state index is 12.4. The molecule has 1 amide bonds. The first-order valence-electron chi connectivity index (χ1n) is 6.82. The zero-order chi connectivity index (χ0) is 15.6.